The van der Waals surface area contributed by atoms with Gasteiger partial charge in [0.1, 0.15) is 5.01 Å². The molecule has 4 nitrogen and oxygen atoms in total. The quantitative estimate of drug-likeness (QED) is 0.939. The number of hydrogen-bond acceptors (Lipinski definition) is 5. The summed E-state index contributed by atoms with van der Waals surface area (Å²) >= 11 is 3.32. The lowest BCUT2D eigenvalue weighted by atomic mass is 10.1. The van der Waals surface area contributed by atoms with Crippen molar-refractivity contribution in [3.8, 4) is 9.88 Å². The van der Waals surface area contributed by atoms with Gasteiger partial charge in [-0.05, 0) is 30.7 Å². The van der Waals surface area contributed by atoms with Gasteiger partial charge in [0, 0.05) is 30.6 Å². The smallest absolute Gasteiger partial charge is 0.228 e. The number of thiophene rings is 1. The number of nitrogens with zero attached hydrogens (tertiary/aromatic N) is 2. The number of fused-ring (bicyclic) bond motifs is 2. The molecule has 2 atom stereocenters. The molecule has 0 radical (unpaired) electrons. The van der Waals surface area contributed by atoms with Gasteiger partial charge in [-0.3, -0.25) is 4.79 Å². The fourth-order valence-corrected chi connectivity index (χ4v) is 4.97. The van der Waals surface area contributed by atoms with Crippen LogP contribution in [0, 0.1) is 0 Å². The van der Waals surface area contributed by atoms with Crippen LogP contribution in [-0.4, -0.2) is 41.0 Å². The van der Waals surface area contributed by atoms with Crippen molar-refractivity contribution in [3.05, 3.63) is 28.6 Å². The van der Waals surface area contributed by atoms with Gasteiger partial charge in [-0.2, -0.15) is 0 Å². The predicted octanol–water partition coefficient (Wildman–Crippen LogP) is 2.77. The molecule has 2 bridgehead atoms. The molecule has 1 amide bonds. The number of aromatic nitrogens is 1. The minimum Gasteiger partial charge on any atom is -0.341 e. The van der Waals surface area contributed by atoms with E-state index in [0.717, 1.165) is 30.2 Å². The third kappa shape index (κ3) is 2.95. The van der Waals surface area contributed by atoms with Crippen LogP contribution in [0.3, 0.4) is 0 Å². The third-order valence-corrected chi connectivity index (χ3v) is 6.42. The Labute approximate surface area is 138 Å². The van der Waals surface area contributed by atoms with E-state index < -0.39 is 0 Å². The van der Waals surface area contributed by atoms with Crippen LogP contribution in [0.25, 0.3) is 9.88 Å². The highest BCUT2D eigenvalue weighted by Gasteiger charge is 2.31. The minimum absolute atomic E-state index is 0.220. The number of hydrogen-bond donors (Lipinski definition) is 1. The topological polar surface area (TPSA) is 45.2 Å². The first-order valence-electron chi connectivity index (χ1n) is 7.80. The van der Waals surface area contributed by atoms with Crippen molar-refractivity contribution >= 4 is 28.6 Å². The van der Waals surface area contributed by atoms with Gasteiger partial charge in [0.15, 0.2) is 0 Å². The van der Waals surface area contributed by atoms with E-state index in [0.29, 0.717) is 18.5 Å². The van der Waals surface area contributed by atoms with Gasteiger partial charge in [-0.15, -0.1) is 22.7 Å². The molecule has 2 aliphatic heterocycles. The van der Waals surface area contributed by atoms with Crippen LogP contribution in [-0.2, 0) is 11.2 Å². The molecule has 1 N–H and O–H groups in total. The van der Waals surface area contributed by atoms with Gasteiger partial charge in [0.25, 0.3) is 0 Å². The molecule has 2 aliphatic rings. The van der Waals surface area contributed by atoms with Crippen LogP contribution in [0.5, 0.6) is 0 Å². The molecule has 2 saturated heterocycles. The molecule has 0 aromatic carbocycles. The molecule has 0 aliphatic carbocycles. The third-order valence-electron chi connectivity index (χ3n) is 4.49. The maximum atomic E-state index is 12.6. The number of likely N-dealkylation sites (tertiary alicyclic amines) is 1. The summed E-state index contributed by atoms with van der Waals surface area (Å²) in [6.45, 7) is 1.74. The van der Waals surface area contributed by atoms with Crippen molar-refractivity contribution in [2.24, 2.45) is 0 Å². The average molecular weight is 333 g/mol. The molecule has 22 heavy (non-hydrogen) atoms. The monoisotopic (exact) mass is 333 g/mol. The largest absolute Gasteiger partial charge is 0.341 e. The average Bonchev–Trinajstić information content (AvgIpc) is 3.19. The number of nitrogens with one attached hydrogen (secondary N) is 1. The molecule has 2 aromatic heterocycles. The van der Waals surface area contributed by atoms with E-state index in [-0.39, 0.29) is 5.91 Å². The first kappa shape index (κ1) is 14.4. The van der Waals surface area contributed by atoms with Crippen LogP contribution < -0.4 is 5.32 Å². The molecule has 2 fully saturated rings. The summed E-state index contributed by atoms with van der Waals surface area (Å²) in [6.07, 6.45) is 3.98. The van der Waals surface area contributed by atoms with Crippen LogP contribution in [0.4, 0.5) is 0 Å². The summed E-state index contributed by atoms with van der Waals surface area (Å²) in [7, 11) is 0. The summed E-state index contributed by atoms with van der Waals surface area (Å²) in [5.74, 6) is 0.220. The highest BCUT2D eigenvalue weighted by atomic mass is 32.1. The molecule has 2 aromatic rings. The Morgan fingerprint density at radius 1 is 1.32 bits per heavy atom. The Hall–Kier alpha value is -1.24. The van der Waals surface area contributed by atoms with Gasteiger partial charge in [0.2, 0.25) is 5.91 Å². The maximum Gasteiger partial charge on any atom is 0.228 e. The van der Waals surface area contributed by atoms with E-state index >= 15 is 0 Å². The second kappa shape index (κ2) is 6.10. The Balaban J connectivity index is 1.41. The normalized spacial score (nSPS) is 24.5. The molecule has 4 heterocycles. The fourth-order valence-electron chi connectivity index (χ4n) is 3.34. The Bertz CT molecular complexity index is 652. The highest BCUT2D eigenvalue weighted by molar-refractivity contribution is 7.20. The van der Waals surface area contributed by atoms with E-state index in [9.17, 15) is 4.79 Å². The molecule has 2 unspecified atom stereocenters. The molecule has 116 valence electrons. The van der Waals surface area contributed by atoms with Crippen LogP contribution >= 0.6 is 22.7 Å². The lowest BCUT2D eigenvalue weighted by Crippen LogP contribution is -2.39. The lowest BCUT2D eigenvalue weighted by molar-refractivity contribution is -0.130. The molecular weight excluding hydrogens is 314 g/mol. The van der Waals surface area contributed by atoms with Crippen LogP contribution in [0.2, 0.25) is 0 Å². The zero-order chi connectivity index (χ0) is 14.9. The van der Waals surface area contributed by atoms with Crippen molar-refractivity contribution in [3.63, 3.8) is 0 Å². The molecule has 0 spiro atoms. The minimum atomic E-state index is 0.220. The van der Waals surface area contributed by atoms with E-state index in [1.807, 2.05) is 16.3 Å². The molecular formula is C16H19N3OS2. The van der Waals surface area contributed by atoms with Crippen molar-refractivity contribution in [2.45, 2.75) is 37.8 Å². The molecule has 4 rings (SSSR count). The van der Waals surface area contributed by atoms with Gasteiger partial charge in [-0.25, -0.2) is 4.98 Å². The second-order valence-electron chi connectivity index (χ2n) is 6.06. The van der Waals surface area contributed by atoms with E-state index in [1.165, 1.54) is 17.7 Å². The van der Waals surface area contributed by atoms with Crippen molar-refractivity contribution in [2.75, 3.05) is 13.1 Å². The number of carbonyl (C=O) groups excluding carboxylic acids is 1. The Morgan fingerprint density at radius 2 is 2.23 bits per heavy atom. The van der Waals surface area contributed by atoms with E-state index in [1.54, 1.807) is 22.7 Å². The van der Waals surface area contributed by atoms with Crippen LogP contribution in [0.15, 0.2) is 22.9 Å². The first-order valence-corrected chi connectivity index (χ1v) is 9.56. The zero-order valence-electron chi connectivity index (χ0n) is 12.3. The first-order chi connectivity index (χ1) is 10.8. The fraction of sp³-hybridized carbons (Fsp3) is 0.500. The SMILES string of the molecule is O=C(Cc1csc(-c2cccs2)n1)N1CCC2CCC(C1)N2. The zero-order valence-corrected chi connectivity index (χ0v) is 14.0. The number of thiazole rings is 1. The molecule has 0 saturated carbocycles. The summed E-state index contributed by atoms with van der Waals surface area (Å²) in [6, 6.07) is 5.22. The molecule has 6 heteroatoms. The van der Waals surface area contributed by atoms with Crippen molar-refractivity contribution < 1.29 is 4.79 Å². The summed E-state index contributed by atoms with van der Waals surface area (Å²) in [5.41, 5.74) is 0.903. The van der Waals surface area contributed by atoms with Gasteiger partial charge in [-0.1, -0.05) is 6.07 Å². The van der Waals surface area contributed by atoms with Crippen LogP contribution in [0.1, 0.15) is 25.0 Å². The van der Waals surface area contributed by atoms with Crippen molar-refractivity contribution in [1.82, 2.24) is 15.2 Å². The summed E-state index contributed by atoms with van der Waals surface area (Å²) in [4.78, 5) is 20.4. The lowest BCUT2D eigenvalue weighted by Gasteiger charge is -2.24. The van der Waals surface area contributed by atoms with Crippen molar-refractivity contribution in [1.29, 1.82) is 0 Å². The highest BCUT2D eigenvalue weighted by Crippen LogP contribution is 2.28. The van der Waals surface area contributed by atoms with Gasteiger partial charge < -0.3 is 10.2 Å². The van der Waals surface area contributed by atoms with Gasteiger partial charge in [0.05, 0.1) is 17.0 Å². The van der Waals surface area contributed by atoms with E-state index in [4.69, 9.17) is 0 Å². The Morgan fingerprint density at radius 3 is 3.09 bits per heavy atom. The number of carbonyl (C=O) groups is 1. The number of amides is 1. The summed E-state index contributed by atoms with van der Waals surface area (Å²) < 4.78 is 0. The maximum absolute atomic E-state index is 12.6. The van der Waals surface area contributed by atoms with E-state index in [2.05, 4.69) is 21.7 Å². The summed E-state index contributed by atoms with van der Waals surface area (Å²) in [5, 5.41) is 8.72. The Kier molecular flexibility index (Phi) is 3.98. The predicted molar refractivity (Wildman–Crippen MR) is 90.3 cm³/mol. The standard InChI is InChI=1S/C16H19N3OS2/c20-15(19-6-5-11-3-4-12(9-19)17-11)8-13-10-22-16(18-13)14-2-1-7-21-14/h1-2,7,10-12,17H,3-6,8-9H2. The van der Waals surface area contributed by atoms with Gasteiger partial charge >= 0.3 is 0 Å². The number of rotatable bonds is 3. The second-order valence-corrected chi connectivity index (χ2v) is 7.87.